The summed E-state index contributed by atoms with van der Waals surface area (Å²) in [5, 5.41) is 0. The van der Waals surface area contributed by atoms with E-state index >= 15 is 0 Å². The zero-order valence-electron chi connectivity index (χ0n) is 13.4. The third kappa shape index (κ3) is 3.60. The van der Waals surface area contributed by atoms with Crippen LogP contribution in [0.1, 0.15) is 11.1 Å². The number of nitrogens with zero attached hydrogens (tertiary/aromatic N) is 2. The highest BCUT2D eigenvalue weighted by atomic mass is 32.2. The topological polar surface area (TPSA) is 72.0 Å². The van der Waals surface area contributed by atoms with E-state index in [4.69, 9.17) is 0 Å². The third-order valence-corrected chi connectivity index (χ3v) is 4.94. The Morgan fingerprint density at radius 2 is 1.25 bits per heavy atom. The molecule has 2 aromatic carbocycles. The first-order valence-electron chi connectivity index (χ1n) is 7.43. The minimum Gasteiger partial charge on any atom is -0.247 e. The summed E-state index contributed by atoms with van der Waals surface area (Å²) in [5.74, 6) is 0.0476. The van der Waals surface area contributed by atoms with Crippen LogP contribution in [-0.4, -0.2) is 18.4 Å². The van der Waals surface area contributed by atoms with Gasteiger partial charge in [-0.1, -0.05) is 47.5 Å². The Balaban J connectivity index is 1.81. The zero-order valence-corrected chi connectivity index (χ0v) is 14.2. The molecule has 1 heterocycles. The number of aryl methyl sites for hydroxylation is 2. The van der Waals surface area contributed by atoms with Crippen LogP contribution in [0.4, 0.5) is 5.95 Å². The molecule has 122 valence electrons. The molecule has 0 atom stereocenters. The average Bonchev–Trinajstić information content (AvgIpc) is 2.56. The lowest BCUT2D eigenvalue weighted by atomic mass is 10.1. The van der Waals surface area contributed by atoms with Crippen molar-refractivity contribution in [2.75, 3.05) is 4.72 Å². The van der Waals surface area contributed by atoms with Crippen molar-refractivity contribution in [1.29, 1.82) is 0 Å². The maximum absolute atomic E-state index is 12.3. The van der Waals surface area contributed by atoms with E-state index < -0.39 is 10.0 Å². The van der Waals surface area contributed by atoms with Gasteiger partial charge in [0.1, 0.15) is 0 Å². The maximum atomic E-state index is 12.3. The Morgan fingerprint density at radius 3 is 1.79 bits per heavy atom. The van der Waals surface area contributed by atoms with Crippen molar-refractivity contribution in [2.24, 2.45) is 0 Å². The van der Waals surface area contributed by atoms with Crippen LogP contribution < -0.4 is 4.72 Å². The number of nitrogens with one attached hydrogen (secondary N) is 1. The molecule has 0 spiro atoms. The molecule has 0 unspecified atom stereocenters. The second-order valence-corrected chi connectivity index (χ2v) is 7.26. The van der Waals surface area contributed by atoms with Crippen LogP contribution in [0.3, 0.4) is 0 Å². The van der Waals surface area contributed by atoms with Crippen molar-refractivity contribution in [3.63, 3.8) is 0 Å². The highest BCUT2D eigenvalue weighted by Gasteiger charge is 2.15. The van der Waals surface area contributed by atoms with Crippen LogP contribution in [0.5, 0.6) is 0 Å². The predicted molar refractivity (Wildman–Crippen MR) is 94.2 cm³/mol. The highest BCUT2D eigenvalue weighted by Crippen LogP contribution is 2.19. The number of anilines is 1. The molecule has 0 saturated carbocycles. The third-order valence-electron chi connectivity index (χ3n) is 3.59. The monoisotopic (exact) mass is 339 g/mol. The molecule has 0 saturated heterocycles. The zero-order chi connectivity index (χ0) is 17.2. The minimum absolute atomic E-state index is 0.0476. The van der Waals surface area contributed by atoms with Crippen molar-refractivity contribution < 1.29 is 8.42 Å². The first kappa shape index (κ1) is 16.1. The van der Waals surface area contributed by atoms with Crippen LogP contribution in [0.25, 0.3) is 11.1 Å². The van der Waals surface area contributed by atoms with E-state index in [2.05, 4.69) is 14.7 Å². The summed E-state index contributed by atoms with van der Waals surface area (Å²) in [6.07, 6.45) is 3.20. The van der Waals surface area contributed by atoms with Crippen molar-refractivity contribution in [3.05, 3.63) is 72.1 Å². The summed E-state index contributed by atoms with van der Waals surface area (Å²) in [6, 6.07) is 14.6. The van der Waals surface area contributed by atoms with Gasteiger partial charge in [0.25, 0.3) is 10.0 Å². The van der Waals surface area contributed by atoms with E-state index in [1.807, 2.05) is 38.1 Å². The van der Waals surface area contributed by atoms with Gasteiger partial charge in [-0.15, -0.1) is 0 Å². The Labute approximate surface area is 141 Å². The second-order valence-electron chi connectivity index (χ2n) is 5.58. The average molecular weight is 339 g/mol. The molecule has 6 heteroatoms. The van der Waals surface area contributed by atoms with Crippen molar-refractivity contribution in [2.45, 2.75) is 18.7 Å². The smallest absolute Gasteiger partial charge is 0.247 e. The van der Waals surface area contributed by atoms with Crippen LogP contribution >= 0.6 is 0 Å². The normalized spacial score (nSPS) is 11.2. The fourth-order valence-electron chi connectivity index (χ4n) is 2.17. The van der Waals surface area contributed by atoms with E-state index in [1.165, 1.54) is 5.56 Å². The molecular formula is C18H17N3O2S. The summed E-state index contributed by atoms with van der Waals surface area (Å²) >= 11 is 0. The van der Waals surface area contributed by atoms with E-state index in [1.54, 1.807) is 36.7 Å². The molecule has 0 aliphatic carbocycles. The van der Waals surface area contributed by atoms with Gasteiger partial charge < -0.3 is 0 Å². The Bertz CT molecular complexity index is 933. The lowest BCUT2D eigenvalue weighted by Gasteiger charge is -2.07. The van der Waals surface area contributed by atoms with Gasteiger partial charge >= 0.3 is 0 Å². The van der Waals surface area contributed by atoms with E-state index in [9.17, 15) is 8.42 Å². The molecule has 5 nitrogen and oxygen atoms in total. The molecule has 0 radical (unpaired) electrons. The number of sulfonamides is 1. The fraction of sp³-hybridized carbons (Fsp3) is 0.111. The first-order chi connectivity index (χ1) is 11.4. The maximum Gasteiger partial charge on any atom is 0.264 e. The van der Waals surface area contributed by atoms with Gasteiger partial charge in [-0.25, -0.2) is 23.1 Å². The van der Waals surface area contributed by atoms with Gasteiger partial charge in [-0.2, -0.15) is 0 Å². The molecule has 0 aliphatic rings. The molecule has 24 heavy (non-hydrogen) atoms. The molecule has 1 N–H and O–H groups in total. The minimum atomic E-state index is -3.69. The van der Waals surface area contributed by atoms with E-state index in [0.717, 1.165) is 16.7 Å². The first-order valence-corrected chi connectivity index (χ1v) is 8.91. The Hall–Kier alpha value is -2.73. The lowest BCUT2D eigenvalue weighted by Crippen LogP contribution is -2.14. The number of aromatic nitrogens is 2. The van der Waals surface area contributed by atoms with Crippen molar-refractivity contribution in [3.8, 4) is 11.1 Å². The summed E-state index contributed by atoms with van der Waals surface area (Å²) < 4.78 is 27.0. The fourth-order valence-corrected chi connectivity index (χ4v) is 3.13. The quantitative estimate of drug-likeness (QED) is 0.789. The van der Waals surface area contributed by atoms with Gasteiger partial charge in [-0.05, 0) is 31.5 Å². The van der Waals surface area contributed by atoms with Gasteiger partial charge in [-0.3, -0.25) is 0 Å². The predicted octanol–water partition coefficient (Wildman–Crippen LogP) is 3.56. The molecular weight excluding hydrogens is 322 g/mol. The number of hydrogen-bond donors (Lipinski definition) is 1. The molecule has 3 rings (SSSR count). The molecule has 0 aliphatic heterocycles. The van der Waals surface area contributed by atoms with Crippen LogP contribution in [0, 0.1) is 13.8 Å². The van der Waals surface area contributed by atoms with Gasteiger partial charge in [0.05, 0.1) is 4.90 Å². The summed E-state index contributed by atoms with van der Waals surface area (Å²) in [7, 11) is -3.69. The largest absolute Gasteiger partial charge is 0.264 e. The molecule has 3 aromatic rings. The van der Waals surface area contributed by atoms with E-state index in [-0.39, 0.29) is 10.8 Å². The summed E-state index contributed by atoms with van der Waals surface area (Å²) in [5.41, 5.74) is 3.97. The summed E-state index contributed by atoms with van der Waals surface area (Å²) in [6.45, 7) is 3.92. The number of benzene rings is 2. The SMILES string of the molecule is Cc1ccc(-c2cnc(NS(=O)(=O)c3ccc(C)cc3)nc2)cc1. The standard InChI is InChI=1S/C18H17N3O2S/c1-13-3-7-15(8-4-13)16-11-19-18(20-12-16)21-24(22,23)17-9-5-14(2)6-10-17/h3-12H,1-2H3,(H,19,20,21). The summed E-state index contributed by atoms with van der Waals surface area (Å²) in [4.78, 5) is 8.39. The Kier molecular flexibility index (Phi) is 4.31. The van der Waals surface area contributed by atoms with Gasteiger partial charge in [0.2, 0.25) is 5.95 Å². The molecule has 0 amide bonds. The van der Waals surface area contributed by atoms with Crippen LogP contribution in [0.2, 0.25) is 0 Å². The number of rotatable bonds is 4. The van der Waals surface area contributed by atoms with Crippen LogP contribution in [0.15, 0.2) is 65.8 Å². The van der Waals surface area contributed by atoms with Crippen LogP contribution in [-0.2, 0) is 10.0 Å². The Morgan fingerprint density at radius 1 is 0.750 bits per heavy atom. The van der Waals surface area contributed by atoms with E-state index in [0.29, 0.717) is 0 Å². The van der Waals surface area contributed by atoms with Gasteiger partial charge in [0.15, 0.2) is 0 Å². The van der Waals surface area contributed by atoms with Gasteiger partial charge in [0, 0.05) is 18.0 Å². The number of hydrogen-bond acceptors (Lipinski definition) is 4. The lowest BCUT2D eigenvalue weighted by molar-refractivity contribution is 0.601. The van der Waals surface area contributed by atoms with Crippen molar-refractivity contribution >= 4 is 16.0 Å². The molecule has 0 bridgehead atoms. The second kappa shape index (κ2) is 6.41. The van der Waals surface area contributed by atoms with Crippen molar-refractivity contribution in [1.82, 2.24) is 9.97 Å². The highest BCUT2D eigenvalue weighted by molar-refractivity contribution is 7.92. The molecule has 0 fully saturated rings. The molecule has 1 aromatic heterocycles.